The van der Waals surface area contributed by atoms with Crippen LogP contribution >= 0.6 is 0 Å². The number of nitrogens with one attached hydrogen (secondary N) is 1. The van der Waals surface area contributed by atoms with Crippen LogP contribution in [0, 0.1) is 0 Å². The van der Waals surface area contributed by atoms with Crippen molar-refractivity contribution in [3.63, 3.8) is 0 Å². The number of carbonyl (C=O) groups is 1. The van der Waals surface area contributed by atoms with Gasteiger partial charge >= 0.3 is 0 Å². The molecule has 1 amide bonds. The first-order chi connectivity index (χ1) is 9.93. The molecule has 1 aliphatic heterocycles. The summed E-state index contributed by atoms with van der Waals surface area (Å²) in [6, 6.07) is 5.22. The highest BCUT2D eigenvalue weighted by molar-refractivity contribution is 7.92. The van der Waals surface area contributed by atoms with E-state index >= 15 is 0 Å². The van der Waals surface area contributed by atoms with Crippen LogP contribution in [0.4, 0.5) is 5.69 Å². The normalized spacial score (nSPS) is 14.1. The maximum atomic E-state index is 12.0. The largest absolute Gasteiger partial charge is 0.352 e. The van der Waals surface area contributed by atoms with Gasteiger partial charge in [0.1, 0.15) is 0 Å². The molecule has 5 nitrogen and oxygen atoms in total. The molecule has 1 heterocycles. The molecule has 6 heteroatoms. The Bertz CT molecular complexity index is 626. The van der Waals surface area contributed by atoms with Crippen LogP contribution in [0.3, 0.4) is 0 Å². The summed E-state index contributed by atoms with van der Waals surface area (Å²) >= 11 is 0. The van der Waals surface area contributed by atoms with Crippen molar-refractivity contribution in [3.8, 4) is 0 Å². The summed E-state index contributed by atoms with van der Waals surface area (Å²) in [5, 5.41) is 2.90. The zero-order chi connectivity index (χ0) is 15.5. The molecule has 1 aromatic rings. The Balaban J connectivity index is 2.07. The predicted octanol–water partition coefficient (Wildman–Crippen LogP) is 1.93. The lowest BCUT2D eigenvalue weighted by molar-refractivity contribution is 0.0953. The molecule has 1 aliphatic rings. The van der Waals surface area contributed by atoms with Gasteiger partial charge in [0.2, 0.25) is 10.0 Å². The Labute approximate surface area is 126 Å². The number of amides is 1. The van der Waals surface area contributed by atoms with E-state index in [1.54, 1.807) is 18.2 Å². The summed E-state index contributed by atoms with van der Waals surface area (Å²) in [6.07, 6.45) is 5.06. The molecule has 0 saturated carbocycles. The molecule has 0 aromatic heterocycles. The van der Waals surface area contributed by atoms with Crippen molar-refractivity contribution >= 4 is 21.6 Å². The molecule has 0 radical (unpaired) electrons. The van der Waals surface area contributed by atoms with Crippen molar-refractivity contribution in [2.75, 3.05) is 23.7 Å². The molecule has 21 heavy (non-hydrogen) atoms. The fraction of sp³-hybridized carbons (Fsp3) is 0.533. The van der Waals surface area contributed by atoms with Gasteiger partial charge in [-0.05, 0) is 36.6 Å². The number of sulfonamides is 1. The number of unbranched alkanes of at least 4 members (excludes halogenated alkanes) is 2. The van der Waals surface area contributed by atoms with Crippen molar-refractivity contribution in [1.29, 1.82) is 0 Å². The third-order valence-electron chi connectivity index (χ3n) is 3.66. The lowest BCUT2D eigenvalue weighted by Crippen LogP contribution is -2.27. The highest BCUT2D eigenvalue weighted by Crippen LogP contribution is 2.30. The molecule has 1 N–H and O–H groups in total. The number of rotatable bonds is 6. The van der Waals surface area contributed by atoms with Gasteiger partial charge in [-0.1, -0.05) is 19.8 Å². The molecule has 0 saturated heterocycles. The fourth-order valence-electron chi connectivity index (χ4n) is 2.54. The highest BCUT2D eigenvalue weighted by Gasteiger charge is 2.26. The van der Waals surface area contributed by atoms with Crippen LogP contribution < -0.4 is 9.62 Å². The van der Waals surface area contributed by atoms with Crippen molar-refractivity contribution in [2.45, 2.75) is 32.6 Å². The molecular weight excluding hydrogens is 288 g/mol. The second kappa shape index (κ2) is 6.47. The van der Waals surface area contributed by atoms with Crippen LogP contribution in [0.15, 0.2) is 18.2 Å². The zero-order valence-corrected chi connectivity index (χ0v) is 13.4. The highest BCUT2D eigenvalue weighted by atomic mass is 32.2. The molecule has 0 spiro atoms. The SMILES string of the molecule is CCCCCNC(=O)c1ccc2c(c1)CCN2S(C)(=O)=O. The Morgan fingerprint density at radius 1 is 1.33 bits per heavy atom. The van der Waals surface area contributed by atoms with Gasteiger partial charge in [0.25, 0.3) is 5.91 Å². The van der Waals surface area contributed by atoms with Crippen molar-refractivity contribution in [2.24, 2.45) is 0 Å². The smallest absolute Gasteiger partial charge is 0.251 e. The molecule has 0 unspecified atom stereocenters. The molecule has 1 aromatic carbocycles. The lowest BCUT2D eigenvalue weighted by atomic mass is 10.1. The third-order valence-corrected chi connectivity index (χ3v) is 4.84. The van der Waals surface area contributed by atoms with Crippen LogP contribution in [0.2, 0.25) is 0 Å². The van der Waals surface area contributed by atoms with Crippen LogP contribution in [0.5, 0.6) is 0 Å². The van der Waals surface area contributed by atoms with Gasteiger partial charge < -0.3 is 5.32 Å². The Hall–Kier alpha value is -1.56. The zero-order valence-electron chi connectivity index (χ0n) is 12.6. The first kappa shape index (κ1) is 15.8. The minimum absolute atomic E-state index is 0.0910. The average molecular weight is 310 g/mol. The summed E-state index contributed by atoms with van der Waals surface area (Å²) < 4.78 is 24.7. The van der Waals surface area contributed by atoms with Gasteiger partial charge in [-0.15, -0.1) is 0 Å². The van der Waals surface area contributed by atoms with Gasteiger partial charge in [-0.3, -0.25) is 9.10 Å². The molecule has 2 rings (SSSR count). The average Bonchev–Trinajstić information content (AvgIpc) is 2.86. The predicted molar refractivity (Wildman–Crippen MR) is 84.2 cm³/mol. The summed E-state index contributed by atoms with van der Waals surface area (Å²) in [6.45, 7) is 3.25. The van der Waals surface area contributed by atoms with Crippen LogP contribution in [-0.4, -0.2) is 33.7 Å². The van der Waals surface area contributed by atoms with E-state index < -0.39 is 10.0 Å². The van der Waals surface area contributed by atoms with Gasteiger partial charge in [-0.2, -0.15) is 0 Å². The van der Waals surface area contributed by atoms with Crippen LogP contribution in [0.25, 0.3) is 0 Å². The first-order valence-corrected chi connectivity index (χ1v) is 9.17. The molecule has 0 atom stereocenters. The number of nitrogens with zero attached hydrogens (tertiary/aromatic N) is 1. The minimum Gasteiger partial charge on any atom is -0.352 e. The number of anilines is 1. The quantitative estimate of drug-likeness (QED) is 0.816. The van der Waals surface area contributed by atoms with E-state index in [4.69, 9.17) is 0 Å². The van der Waals surface area contributed by atoms with Crippen LogP contribution in [-0.2, 0) is 16.4 Å². The number of hydrogen-bond donors (Lipinski definition) is 1. The van der Waals surface area contributed by atoms with E-state index in [2.05, 4.69) is 12.2 Å². The topological polar surface area (TPSA) is 66.5 Å². The molecule has 0 bridgehead atoms. The number of fused-ring (bicyclic) bond motifs is 1. The van der Waals surface area contributed by atoms with Crippen molar-refractivity contribution < 1.29 is 13.2 Å². The van der Waals surface area contributed by atoms with E-state index in [0.29, 0.717) is 30.8 Å². The molecular formula is C15H22N2O3S. The van der Waals surface area contributed by atoms with Crippen LogP contribution in [0.1, 0.15) is 42.1 Å². The van der Waals surface area contributed by atoms with E-state index in [0.717, 1.165) is 24.8 Å². The van der Waals surface area contributed by atoms with Crippen molar-refractivity contribution in [3.05, 3.63) is 29.3 Å². The van der Waals surface area contributed by atoms with Gasteiger partial charge in [0.15, 0.2) is 0 Å². The second-order valence-electron chi connectivity index (χ2n) is 5.39. The summed E-state index contributed by atoms with van der Waals surface area (Å²) in [7, 11) is -3.24. The molecule has 116 valence electrons. The molecule has 0 fully saturated rings. The maximum absolute atomic E-state index is 12.0. The Kier molecular flexibility index (Phi) is 4.88. The van der Waals surface area contributed by atoms with E-state index in [1.165, 1.54) is 10.6 Å². The number of carbonyl (C=O) groups excluding carboxylic acids is 1. The molecule has 0 aliphatic carbocycles. The number of hydrogen-bond acceptors (Lipinski definition) is 3. The standard InChI is InChI=1S/C15H22N2O3S/c1-3-4-5-9-16-15(18)13-6-7-14-12(11-13)8-10-17(14)21(2,19)20/h6-7,11H,3-5,8-10H2,1-2H3,(H,16,18). The summed E-state index contributed by atoms with van der Waals surface area (Å²) in [4.78, 5) is 12.0. The van der Waals surface area contributed by atoms with Gasteiger partial charge in [0.05, 0.1) is 11.9 Å². The lowest BCUT2D eigenvalue weighted by Gasteiger charge is -2.16. The fourth-order valence-corrected chi connectivity index (χ4v) is 3.49. The van der Waals surface area contributed by atoms with E-state index in [9.17, 15) is 13.2 Å². The monoisotopic (exact) mass is 310 g/mol. The van der Waals surface area contributed by atoms with Crippen molar-refractivity contribution in [1.82, 2.24) is 5.32 Å². The first-order valence-electron chi connectivity index (χ1n) is 7.32. The summed E-state index contributed by atoms with van der Waals surface area (Å²) in [5.41, 5.74) is 2.21. The summed E-state index contributed by atoms with van der Waals surface area (Å²) in [5.74, 6) is -0.0910. The van der Waals surface area contributed by atoms with Gasteiger partial charge in [0, 0.05) is 18.7 Å². The number of benzene rings is 1. The van der Waals surface area contributed by atoms with E-state index in [-0.39, 0.29) is 5.91 Å². The Morgan fingerprint density at radius 3 is 2.76 bits per heavy atom. The third kappa shape index (κ3) is 3.75. The van der Waals surface area contributed by atoms with Gasteiger partial charge in [-0.25, -0.2) is 8.42 Å². The van der Waals surface area contributed by atoms with E-state index in [1.807, 2.05) is 0 Å². The maximum Gasteiger partial charge on any atom is 0.251 e. The Morgan fingerprint density at radius 2 is 2.10 bits per heavy atom. The minimum atomic E-state index is -3.24. The second-order valence-corrected chi connectivity index (χ2v) is 7.30.